The minimum Gasteiger partial charge on any atom is -0.299 e. The summed E-state index contributed by atoms with van der Waals surface area (Å²) in [7, 11) is 0. The number of rotatable bonds is 0. The molecule has 0 aromatic heterocycles. The highest BCUT2D eigenvalue weighted by molar-refractivity contribution is 6.26. The highest BCUT2D eigenvalue weighted by atomic mass is 35.5. The summed E-state index contributed by atoms with van der Waals surface area (Å²) in [6.07, 6.45) is 15.0. The SMILES string of the molecule is N#CC1(Cl)CC2C=CC1CC2.O=C1CC2C=CC1CC2. The minimum absolute atomic E-state index is 0.301. The highest BCUT2D eigenvalue weighted by Gasteiger charge is 2.43. The Balaban J connectivity index is 0.000000123. The average Bonchev–Trinajstić information content (AvgIpc) is 2.50. The van der Waals surface area contributed by atoms with Gasteiger partial charge in [-0.05, 0) is 43.9 Å². The number of hydrogen-bond acceptors (Lipinski definition) is 2. The van der Waals surface area contributed by atoms with Crippen molar-refractivity contribution < 1.29 is 4.79 Å². The molecule has 3 heteroatoms. The molecule has 0 amide bonds. The van der Waals surface area contributed by atoms with Gasteiger partial charge < -0.3 is 0 Å². The number of ketones is 1. The molecule has 0 aromatic carbocycles. The van der Waals surface area contributed by atoms with E-state index in [1.807, 2.05) is 0 Å². The fraction of sp³-hybridized carbons (Fsp3) is 0.647. The first-order chi connectivity index (χ1) is 9.60. The summed E-state index contributed by atoms with van der Waals surface area (Å²) < 4.78 is 0. The molecule has 0 spiro atoms. The maximum absolute atomic E-state index is 11.0. The monoisotopic (exact) mass is 289 g/mol. The number of carbonyl (C=O) groups is 1. The van der Waals surface area contributed by atoms with Gasteiger partial charge in [-0.1, -0.05) is 24.3 Å². The van der Waals surface area contributed by atoms with Gasteiger partial charge in [-0.2, -0.15) is 5.26 Å². The molecule has 5 atom stereocenters. The zero-order valence-electron chi connectivity index (χ0n) is 11.6. The Kier molecular flexibility index (Phi) is 3.73. The van der Waals surface area contributed by atoms with Gasteiger partial charge in [0.2, 0.25) is 0 Å². The lowest BCUT2D eigenvalue weighted by Gasteiger charge is -2.39. The van der Waals surface area contributed by atoms with Crippen LogP contribution in [0.4, 0.5) is 0 Å². The molecule has 0 saturated heterocycles. The third kappa shape index (κ3) is 2.56. The van der Waals surface area contributed by atoms with Gasteiger partial charge in [-0.3, -0.25) is 4.79 Å². The number of alkyl halides is 1. The van der Waals surface area contributed by atoms with E-state index in [-0.39, 0.29) is 0 Å². The Morgan fingerprint density at radius 1 is 1.10 bits per heavy atom. The van der Waals surface area contributed by atoms with Crippen LogP contribution in [0.1, 0.15) is 38.5 Å². The van der Waals surface area contributed by atoms with Crippen molar-refractivity contribution in [2.24, 2.45) is 23.7 Å². The molecular formula is C17H20ClNO. The van der Waals surface area contributed by atoms with Crippen LogP contribution in [0.15, 0.2) is 24.3 Å². The summed E-state index contributed by atoms with van der Waals surface area (Å²) in [6.45, 7) is 0. The lowest BCUT2D eigenvalue weighted by Crippen LogP contribution is -2.39. The Labute approximate surface area is 125 Å². The molecule has 2 saturated carbocycles. The number of allylic oxidation sites excluding steroid dienone is 4. The smallest absolute Gasteiger partial charge is 0.140 e. The summed E-state index contributed by atoms with van der Waals surface area (Å²) in [5.74, 6) is 2.24. The second-order valence-electron chi connectivity index (χ2n) is 6.51. The van der Waals surface area contributed by atoms with Gasteiger partial charge in [-0.15, -0.1) is 11.6 Å². The number of halogens is 1. The summed E-state index contributed by atoms with van der Waals surface area (Å²) in [6, 6.07) is 2.23. The molecule has 6 aliphatic rings. The van der Waals surface area contributed by atoms with Crippen molar-refractivity contribution in [1.82, 2.24) is 0 Å². The standard InChI is InChI=1S/C9H10ClN.C8H10O/c10-9(6-11)5-7-1-3-8(9)4-2-7;9-8-5-6-1-3-7(8)4-2-6/h1,3,7-8H,2,4-5H2;1,3,6-7H,2,4-5H2. The first-order valence-electron chi connectivity index (χ1n) is 7.60. The topological polar surface area (TPSA) is 40.9 Å². The summed E-state index contributed by atoms with van der Waals surface area (Å²) >= 11 is 6.14. The third-order valence-electron chi connectivity index (χ3n) is 5.14. The predicted molar refractivity (Wildman–Crippen MR) is 79.1 cm³/mol. The molecule has 0 aromatic rings. The van der Waals surface area contributed by atoms with Crippen molar-refractivity contribution in [3.8, 4) is 6.07 Å². The second-order valence-corrected chi connectivity index (χ2v) is 7.18. The van der Waals surface area contributed by atoms with E-state index in [1.54, 1.807) is 0 Å². The second kappa shape index (κ2) is 5.37. The molecule has 2 nitrogen and oxygen atoms in total. The van der Waals surface area contributed by atoms with Crippen molar-refractivity contribution in [3.63, 3.8) is 0 Å². The molecule has 4 bridgehead atoms. The Bertz CT molecular complexity index is 504. The van der Waals surface area contributed by atoms with Crippen LogP contribution in [0.2, 0.25) is 0 Å². The average molecular weight is 290 g/mol. The quantitative estimate of drug-likeness (QED) is 0.499. The van der Waals surface area contributed by atoms with Gasteiger partial charge in [0.25, 0.3) is 0 Å². The van der Waals surface area contributed by atoms with E-state index in [9.17, 15) is 4.79 Å². The zero-order chi connectivity index (χ0) is 14.2. The van der Waals surface area contributed by atoms with Crippen LogP contribution < -0.4 is 0 Å². The molecule has 0 heterocycles. The molecule has 0 N–H and O–H groups in total. The van der Waals surface area contributed by atoms with Crippen LogP contribution in [-0.2, 0) is 4.79 Å². The van der Waals surface area contributed by atoms with Crippen molar-refractivity contribution in [2.45, 2.75) is 43.4 Å². The maximum atomic E-state index is 11.0. The van der Waals surface area contributed by atoms with Gasteiger partial charge in [0, 0.05) is 18.3 Å². The highest BCUT2D eigenvalue weighted by Crippen LogP contribution is 2.46. The van der Waals surface area contributed by atoms with Crippen molar-refractivity contribution in [2.75, 3.05) is 0 Å². The van der Waals surface area contributed by atoms with Gasteiger partial charge >= 0.3 is 0 Å². The summed E-state index contributed by atoms with van der Waals surface area (Å²) in [4.78, 5) is 10.4. The molecule has 2 fully saturated rings. The number of nitriles is 1. The molecule has 106 valence electrons. The number of hydrogen-bond donors (Lipinski definition) is 0. The van der Waals surface area contributed by atoms with Crippen LogP contribution in [-0.4, -0.2) is 10.7 Å². The molecule has 20 heavy (non-hydrogen) atoms. The van der Waals surface area contributed by atoms with Gasteiger partial charge in [0.05, 0.1) is 6.07 Å². The maximum Gasteiger partial charge on any atom is 0.140 e. The van der Waals surface area contributed by atoms with Gasteiger partial charge in [0.15, 0.2) is 0 Å². The number of Topliss-reactive ketones (excluding diaryl/α,β-unsaturated/α-hetero) is 1. The van der Waals surface area contributed by atoms with Crippen molar-refractivity contribution >= 4 is 17.4 Å². The van der Waals surface area contributed by atoms with Crippen molar-refractivity contribution in [1.29, 1.82) is 5.26 Å². The Hall–Kier alpha value is -1.07. The van der Waals surface area contributed by atoms with Gasteiger partial charge in [-0.25, -0.2) is 0 Å². The minimum atomic E-state index is -0.572. The van der Waals surface area contributed by atoms with Crippen LogP contribution in [0.5, 0.6) is 0 Å². The molecule has 0 aliphatic heterocycles. The van der Waals surface area contributed by atoms with E-state index in [0.29, 0.717) is 29.5 Å². The van der Waals surface area contributed by atoms with E-state index in [0.717, 1.165) is 25.7 Å². The predicted octanol–water partition coefficient (Wildman–Crippen LogP) is 4.02. The van der Waals surface area contributed by atoms with E-state index in [1.165, 1.54) is 12.8 Å². The zero-order valence-corrected chi connectivity index (χ0v) is 12.4. The largest absolute Gasteiger partial charge is 0.299 e. The molecule has 6 aliphatic carbocycles. The van der Waals surface area contributed by atoms with E-state index in [2.05, 4.69) is 30.4 Å². The lowest BCUT2D eigenvalue weighted by atomic mass is 9.69. The fourth-order valence-electron chi connectivity index (χ4n) is 3.82. The summed E-state index contributed by atoms with van der Waals surface area (Å²) in [5, 5.41) is 8.86. The first-order valence-corrected chi connectivity index (χ1v) is 7.98. The molecular weight excluding hydrogens is 270 g/mol. The fourth-order valence-corrected chi connectivity index (χ4v) is 4.20. The van der Waals surface area contributed by atoms with Crippen LogP contribution >= 0.6 is 11.6 Å². The van der Waals surface area contributed by atoms with E-state index in [4.69, 9.17) is 16.9 Å². The Morgan fingerprint density at radius 2 is 1.85 bits per heavy atom. The van der Waals surface area contributed by atoms with E-state index >= 15 is 0 Å². The first kappa shape index (κ1) is 13.9. The Morgan fingerprint density at radius 3 is 2.10 bits per heavy atom. The number of fused-ring (bicyclic) bond motifs is 4. The number of nitrogens with zero attached hydrogens (tertiary/aromatic N) is 1. The molecule has 0 radical (unpaired) electrons. The van der Waals surface area contributed by atoms with Crippen LogP contribution in [0.3, 0.4) is 0 Å². The van der Waals surface area contributed by atoms with Crippen LogP contribution in [0.25, 0.3) is 0 Å². The van der Waals surface area contributed by atoms with Gasteiger partial charge in [0.1, 0.15) is 10.7 Å². The van der Waals surface area contributed by atoms with Crippen molar-refractivity contribution in [3.05, 3.63) is 24.3 Å². The molecule has 5 unspecified atom stereocenters. The number of carbonyl (C=O) groups excluding carboxylic acids is 1. The van der Waals surface area contributed by atoms with E-state index < -0.39 is 4.87 Å². The third-order valence-corrected chi connectivity index (χ3v) is 5.66. The summed E-state index contributed by atoms with van der Waals surface area (Å²) in [5.41, 5.74) is 0. The molecule has 6 rings (SSSR count). The van der Waals surface area contributed by atoms with Crippen LogP contribution in [0, 0.1) is 35.0 Å². The lowest BCUT2D eigenvalue weighted by molar-refractivity contribution is -0.124. The normalized spacial score (nSPS) is 43.9.